The lowest BCUT2D eigenvalue weighted by Crippen LogP contribution is -2.51. The zero-order valence-electron chi connectivity index (χ0n) is 13.3. The molecule has 9 nitrogen and oxygen atoms in total. The van der Waals surface area contributed by atoms with Gasteiger partial charge in [-0.2, -0.15) is 0 Å². The maximum absolute atomic E-state index is 12.1. The molecule has 0 radical (unpaired) electrons. The van der Waals surface area contributed by atoms with Gasteiger partial charge in [0.05, 0.1) is 6.04 Å². The average Bonchev–Trinajstić information content (AvgIpc) is 2.51. The van der Waals surface area contributed by atoms with Gasteiger partial charge >= 0.3 is 0 Å². The fraction of sp³-hybridized carbons (Fsp3) is 0.400. The van der Waals surface area contributed by atoms with E-state index in [1.54, 1.807) is 12.1 Å². The Morgan fingerprint density at radius 1 is 1.17 bits per heavy atom. The number of primary amides is 1. The van der Waals surface area contributed by atoms with Crippen molar-refractivity contribution in [2.75, 3.05) is 6.54 Å². The molecule has 10 N–H and O–H groups in total. The van der Waals surface area contributed by atoms with Crippen LogP contribution in [0.5, 0.6) is 5.75 Å². The van der Waals surface area contributed by atoms with Gasteiger partial charge in [-0.1, -0.05) is 12.1 Å². The van der Waals surface area contributed by atoms with Gasteiger partial charge in [0.2, 0.25) is 11.8 Å². The number of phenols is 1. The number of guanidine groups is 1. The molecular formula is C15H24N6O3. The van der Waals surface area contributed by atoms with E-state index in [0.717, 1.165) is 5.56 Å². The molecule has 1 rings (SSSR count). The normalized spacial score (nSPS) is 12.9. The number of aliphatic imine (C=N–C) groups is 1. The Morgan fingerprint density at radius 2 is 1.79 bits per heavy atom. The van der Waals surface area contributed by atoms with Gasteiger partial charge in [-0.3, -0.25) is 14.6 Å². The van der Waals surface area contributed by atoms with Crippen LogP contribution in [0, 0.1) is 0 Å². The quantitative estimate of drug-likeness (QED) is 0.177. The molecule has 0 aromatic heterocycles. The number of nitrogens with two attached hydrogens (primary N) is 4. The fourth-order valence-electron chi connectivity index (χ4n) is 2.05. The van der Waals surface area contributed by atoms with Crippen LogP contribution in [0.2, 0.25) is 0 Å². The molecule has 2 amide bonds. The molecule has 0 spiro atoms. The van der Waals surface area contributed by atoms with Gasteiger partial charge in [-0.15, -0.1) is 0 Å². The molecule has 0 saturated heterocycles. The largest absolute Gasteiger partial charge is 0.508 e. The lowest BCUT2D eigenvalue weighted by molar-refractivity contribution is -0.128. The van der Waals surface area contributed by atoms with Crippen LogP contribution in [0.15, 0.2) is 29.3 Å². The molecule has 0 fully saturated rings. The number of phenolic OH excluding ortho intramolecular Hbond substituents is 1. The van der Waals surface area contributed by atoms with E-state index in [-0.39, 0.29) is 18.1 Å². The van der Waals surface area contributed by atoms with Crippen LogP contribution in [-0.2, 0) is 16.0 Å². The SMILES string of the molecule is NC(=O)[C@@H](CCCN=C(N)N)NC(=O)[C@H](N)Cc1ccc(O)cc1. The second kappa shape index (κ2) is 9.36. The first-order valence-electron chi connectivity index (χ1n) is 7.48. The van der Waals surface area contributed by atoms with Gasteiger partial charge < -0.3 is 33.4 Å². The highest BCUT2D eigenvalue weighted by Gasteiger charge is 2.21. The summed E-state index contributed by atoms with van der Waals surface area (Å²) in [5.74, 6) is -1.03. The maximum Gasteiger partial charge on any atom is 0.240 e. The van der Waals surface area contributed by atoms with Gasteiger partial charge in [0.15, 0.2) is 5.96 Å². The number of amides is 2. The van der Waals surface area contributed by atoms with Gasteiger partial charge in [-0.25, -0.2) is 0 Å². The van der Waals surface area contributed by atoms with Crippen molar-refractivity contribution in [2.24, 2.45) is 27.9 Å². The zero-order valence-corrected chi connectivity index (χ0v) is 13.3. The van der Waals surface area contributed by atoms with Crippen molar-refractivity contribution >= 4 is 17.8 Å². The van der Waals surface area contributed by atoms with E-state index in [4.69, 9.17) is 22.9 Å². The van der Waals surface area contributed by atoms with Crippen LogP contribution in [0.1, 0.15) is 18.4 Å². The summed E-state index contributed by atoms with van der Waals surface area (Å²) in [4.78, 5) is 27.3. The van der Waals surface area contributed by atoms with Gasteiger partial charge in [-0.05, 0) is 37.0 Å². The van der Waals surface area contributed by atoms with Crippen LogP contribution < -0.4 is 28.3 Å². The van der Waals surface area contributed by atoms with Crippen LogP contribution >= 0.6 is 0 Å². The predicted molar refractivity (Wildman–Crippen MR) is 90.8 cm³/mol. The molecule has 2 atom stereocenters. The minimum Gasteiger partial charge on any atom is -0.508 e. The third-order valence-electron chi connectivity index (χ3n) is 3.33. The Bertz CT molecular complexity index is 583. The first kappa shape index (κ1) is 19.2. The monoisotopic (exact) mass is 336 g/mol. The summed E-state index contributed by atoms with van der Waals surface area (Å²) in [6.45, 7) is 0.335. The standard InChI is InChI=1S/C15H24N6O3/c16-11(8-9-3-5-10(22)6-4-9)14(24)21-12(13(17)23)2-1-7-20-15(18)19/h3-6,11-12,22H,1-2,7-8,16H2,(H2,17,23)(H,21,24)(H4,18,19,20)/t11-,12-/m1/s1. The summed E-state index contributed by atoms with van der Waals surface area (Å²) in [6.07, 6.45) is 1.06. The number of nitrogens with one attached hydrogen (secondary N) is 1. The van der Waals surface area contributed by atoms with E-state index in [0.29, 0.717) is 19.4 Å². The fourth-order valence-corrected chi connectivity index (χ4v) is 2.05. The molecule has 24 heavy (non-hydrogen) atoms. The van der Waals surface area contributed by atoms with Gasteiger partial charge in [0, 0.05) is 6.54 Å². The Morgan fingerprint density at radius 3 is 2.33 bits per heavy atom. The zero-order chi connectivity index (χ0) is 18.1. The van der Waals surface area contributed by atoms with E-state index >= 15 is 0 Å². The molecule has 0 aliphatic rings. The second-order valence-electron chi connectivity index (χ2n) is 5.39. The first-order chi connectivity index (χ1) is 11.3. The summed E-state index contributed by atoms with van der Waals surface area (Å²) < 4.78 is 0. The van der Waals surface area contributed by atoms with Gasteiger partial charge in [0.1, 0.15) is 11.8 Å². The van der Waals surface area contributed by atoms with Crippen molar-refractivity contribution in [3.05, 3.63) is 29.8 Å². The number of hydrogen-bond donors (Lipinski definition) is 6. The predicted octanol–water partition coefficient (Wildman–Crippen LogP) is -1.71. The molecule has 1 aromatic rings. The molecular weight excluding hydrogens is 312 g/mol. The van der Waals surface area contributed by atoms with E-state index in [1.807, 2.05) is 0 Å². The molecule has 0 unspecified atom stereocenters. The Balaban J connectivity index is 2.52. The van der Waals surface area contributed by atoms with Crippen molar-refractivity contribution < 1.29 is 14.7 Å². The maximum atomic E-state index is 12.1. The highest BCUT2D eigenvalue weighted by atomic mass is 16.3. The number of hydrogen-bond acceptors (Lipinski definition) is 5. The van der Waals surface area contributed by atoms with E-state index in [9.17, 15) is 14.7 Å². The summed E-state index contributed by atoms with van der Waals surface area (Å²) in [5.41, 5.74) is 22.3. The summed E-state index contributed by atoms with van der Waals surface area (Å²) >= 11 is 0. The number of benzene rings is 1. The highest BCUT2D eigenvalue weighted by Crippen LogP contribution is 2.11. The third-order valence-corrected chi connectivity index (χ3v) is 3.33. The highest BCUT2D eigenvalue weighted by molar-refractivity contribution is 5.89. The van der Waals surface area contributed by atoms with Crippen LogP contribution in [0.25, 0.3) is 0 Å². The van der Waals surface area contributed by atoms with Crippen LogP contribution in [0.4, 0.5) is 0 Å². The minimum atomic E-state index is -0.839. The van der Waals surface area contributed by atoms with Crippen molar-refractivity contribution in [2.45, 2.75) is 31.3 Å². The second-order valence-corrected chi connectivity index (χ2v) is 5.39. The van der Waals surface area contributed by atoms with E-state index < -0.39 is 23.9 Å². The Labute approximate surface area is 140 Å². The average molecular weight is 336 g/mol. The Kier molecular flexibility index (Phi) is 7.50. The topological polar surface area (TPSA) is 183 Å². The summed E-state index contributed by atoms with van der Waals surface area (Å²) in [7, 11) is 0. The van der Waals surface area contributed by atoms with Gasteiger partial charge in [0.25, 0.3) is 0 Å². The molecule has 0 aliphatic carbocycles. The number of aromatic hydroxyl groups is 1. The van der Waals surface area contributed by atoms with Crippen molar-refractivity contribution in [3.8, 4) is 5.75 Å². The smallest absolute Gasteiger partial charge is 0.240 e. The van der Waals surface area contributed by atoms with E-state index in [2.05, 4.69) is 10.3 Å². The molecule has 0 saturated carbocycles. The number of rotatable bonds is 9. The molecule has 0 heterocycles. The minimum absolute atomic E-state index is 0.0365. The van der Waals surface area contributed by atoms with Crippen molar-refractivity contribution in [1.82, 2.24) is 5.32 Å². The number of nitrogens with zero attached hydrogens (tertiary/aromatic N) is 1. The first-order valence-corrected chi connectivity index (χ1v) is 7.48. The van der Waals surface area contributed by atoms with Crippen LogP contribution in [-0.4, -0.2) is 41.5 Å². The molecule has 132 valence electrons. The third kappa shape index (κ3) is 6.97. The number of carbonyl (C=O) groups excluding carboxylic acids is 2. The molecule has 1 aromatic carbocycles. The van der Waals surface area contributed by atoms with E-state index in [1.165, 1.54) is 12.1 Å². The molecule has 0 aliphatic heterocycles. The van der Waals surface area contributed by atoms with Crippen LogP contribution in [0.3, 0.4) is 0 Å². The number of carbonyl (C=O) groups is 2. The summed E-state index contributed by atoms with van der Waals surface area (Å²) in [5, 5.41) is 11.8. The molecule has 0 bridgehead atoms. The lowest BCUT2D eigenvalue weighted by Gasteiger charge is -2.18. The Hall–Kier alpha value is -2.81. The molecule has 9 heteroatoms. The summed E-state index contributed by atoms with van der Waals surface area (Å²) in [6, 6.07) is 4.68. The van der Waals surface area contributed by atoms with Crippen molar-refractivity contribution in [1.29, 1.82) is 0 Å². The van der Waals surface area contributed by atoms with Crippen molar-refractivity contribution in [3.63, 3.8) is 0 Å². The lowest BCUT2D eigenvalue weighted by atomic mass is 10.0.